The number of rotatable bonds is 8. The van der Waals surface area contributed by atoms with Crippen LogP contribution in [0.25, 0.3) is 0 Å². The summed E-state index contributed by atoms with van der Waals surface area (Å²) in [6.07, 6.45) is 12.9. The van der Waals surface area contributed by atoms with Crippen molar-refractivity contribution < 1.29 is 8.78 Å². The van der Waals surface area contributed by atoms with Crippen molar-refractivity contribution in [2.45, 2.75) is 109 Å². The van der Waals surface area contributed by atoms with E-state index in [1.54, 1.807) is 0 Å². The Hall–Kier alpha value is -0.920. The van der Waals surface area contributed by atoms with Gasteiger partial charge in [-0.05, 0) is 86.7 Å². The van der Waals surface area contributed by atoms with E-state index in [1.165, 1.54) is 36.8 Å². The van der Waals surface area contributed by atoms with E-state index in [0.29, 0.717) is 11.8 Å². The molecule has 28 heavy (non-hydrogen) atoms. The Morgan fingerprint density at radius 2 is 1.50 bits per heavy atom. The molecule has 2 aliphatic carbocycles. The molecule has 158 valence electrons. The van der Waals surface area contributed by atoms with E-state index in [1.807, 2.05) is 0 Å². The second-order valence-corrected chi connectivity index (χ2v) is 9.64. The van der Waals surface area contributed by atoms with Gasteiger partial charge in [-0.2, -0.15) is 0 Å². The summed E-state index contributed by atoms with van der Waals surface area (Å²) in [6.45, 7) is 4.35. The first-order valence-electron chi connectivity index (χ1n) is 12.0. The first-order valence-corrected chi connectivity index (χ1v) is 12.0. The lowest BCUT2D eigenvalue weighted by Gasteiger charge is -2.37. The normalized spacial score (nSPS) is 30.3. The zero-order valence-electron chi connectivity index (χ0n) is 18.1. The van der Waals surface area contributed by atoms with Crippen molar-refractivity contribution in [1.29, 1.82) is 0 Å². The standard InChI is InChI=1S/C26H40F2/c1-3-5-6-22-12-18-25(26(27,28)19-22)17-11-21-9-15-24(16-10-21)23-13-7-20(4-2)8-14-23/h7-8,13-14,21-22,24-25H,3-6,9-12,15-19H2,1-2H3. The minimum Gasteiger partial charge on any atom is -0.207 e. The average Bonchev–Trinajstić information content (AvgIpc) is 2.71. The van der Waals surface area contributed by atoms with Gasteiger partial charge in [-0.1, -0.05) is 57.4 Å². The van der Waals surface area contributed by atoms with Gasteiger partial charge in [-0.25, -0.2) is 8.78 Å². The van der Waals surface area contributed by atoms with Gasteiger partial charge in [-0.15, -0.1) is 0 Å². The van der Waals surface area contributed by atoms with Gasteiger partial charge in [0.2, 0.25) is 0 Å². The van der Waals surface area contributed by atoms with E-state index in [2.05, 4.69) is 38.1 Å². The van der Waals surface area contributed by atoms with Crippen LogP contribution in [0, 0.1) is 17.8 Å². The molecule has 0 nitrogen and oxygen atoms in total. The Labute approximate surface area is 171 Å². The van der Waals surface area contributed by atoms with E-state index < -0.39 is 5.92 Å². The van der Waals surface area contributed by atoms with Gasteiger partial charge in [0, 0.05) is 12.3 Å². The molecule has 0 aromatic heterocycles. The van der Waals surface area contributed by atoms with Crippen LogP contribution in [-0.2, 0) is 6.42 Å². The average molecular weight is 391 g/mol. The molecule has 3 rings (SSSR count). The molecule has 0 amide bonds. The molecule has 0 bridgehead atoms. The smallest absolute Gasteiger partial charge is 0.207 e. The molecule has 2 unspecified atom stereocenters. The molecule has 1 aromatic rings. The van der Waals surface area contributed by atoms with Crippen LogP contribution in [0.5, 0.6) is 0 Å². The van der Waals surface area contributed by atoms with Crippen molar-refractivity contribution in [1.82, 2.24) is 0 Å². The molecule has 2 saturated carbocycles. The molecule has 0 heterocycles. The Morgan fingerprint density at radius 3 is 2.11 bits per heavy atom. The molecular formula is C26H40F2. The summed E-state index contributed by atoms with van der Waals surface area (Å²) in [6, 6.07) is 9.14. The Kier molecular flexibility index (Phi) is 7.94. The van der Waals surface area contributed by atoms with Crippen LogP contribution in [0.2, 0.25) is 0 Å². The largest absolute Gasteiger partial charge is 0.251 e. The predicted molar refractivity (Wildman–Crippen MR) is 115 cm³/mol. The monoisotopic (exact) mass is 390 g/mol. The van der Waals surface area contributed by atoms with E-state index in [0.717, 1.165) is 51.4 Å². The molecule has 2 fully saturated rings. The lowest BCUT2D eigenvalue weighted by molar-refractivity contribution is -0.107. The third-order valence-electron chi connectivity index (χ3n) is 7.68. The third kappa shape index (κ3) is 5.80. The van der Waals surface area contributed by atoms with Crippen LogP contribution in [-0.4, -0.2) is 5.92 Å². The first-order chi connectivity index (χ1) is 13.5. The second kappa shape index (κ2) is 10.2. The molecule has 1 aromatic carbocycles. The minimum atomic E-state index is -2.42. The fourth-order valence-electron chi connectivity index (χ4n) is 5.64. The summed E-state index contributed by atoms with van der Waals surface area (Å²) in [5.74, 6) is -1.17. The maximum absolute atomic E-state index is 14.6. The summed E-state index contributed by atoms with van der Waals surface area (Å²) < 4.78 is 29.3. The molecule has 2 atom stereocenters. The molecule has 0 aliphatic heterocycles. The highest BCUT2D eigenvalue weighted by molar-refractivity contribution is 5.25. The molecule has 0 saturated heterocycles. The molecule has 2 aliphatic rings. The topological polar surface area (TPSA) is 0 Å². The Balaban J connectivity index is 1.41. The van der Waals surface area contributed by atoms with Crippen molar-refractivity contribution in [3.05, 3.63) is 35.4 Å². The van der Waals surface area contributed by atoms with Crippen LogP contribution >= 0.6 is 0 Å². The molecule has 2 heteroatoms. The summed E-state index contributed by atoms with van der Waals surface area (Å²) in [5, 5.41) is 0. The summed E-state index contributed by atoms with van der Waals surface area (Å²) >= 11 is 0. The number of halogens is 2. The maximum atomic E-state index is 14.6. The quantitative estimate of drug-likeness (QED) is 0.417. The lowest BCUT2D eigenvalue weighted by Crippen LogP contribution is -2.36. The third-order valence-corrected chi connectivity index (χ3v) is 7.68. The summed E-state index contributed by atoms with van der Waals surface area (Å²) in [4.78, 5) is 0. The molecule has 0 spiro atoms. The van der Waals surface area contributed by atoms with Crippen molar-refractivity contribution in [3.8, 4) is 0 Å². The van der Waals surface area contributed by atoms with Gasteiger partial charge in [0.15, 0.2) is 0 Å². The zero-order valence-corrected chi connectivity index (χ0v) is 18.1. The summed E-state index contributed by atoms with van der Waals surface area (Å²) in [7, 11) is 0. The van der Waals surface area contributed by atoms with Crippen LogP contribution in [0.3, 0.4) is 0 Å². The van der Waals surface area contributed by atoms with E-state index in [-0.39, 0.29) is 18.3 Å². The van der Waals surface area contributed by atoms with Crippen LogP contribution < -0.4 is 0 Å². The van der Waals surface area contributed by atoms with Crippen molar-refractivity contribution >= 4 is 0 Å². The van der Waals surface area contributed by atoms with E-state index in [4.69, 9.17) is 0 Å². The zero-order chi connectivity index (χ0) is 20.0. The number of alkyl halides is 2. The Morgan fingerprint density at radius 1 is 0.821 bits per heavy atom. The van der Waals surface area contributed by atoms with Crippen molar-refractivity contribution in [2.75, 3.05) is 0 Å². The maximum Gasteiger partial charge on any atom is 0.251 e. The SMILES string of the molecule is CCCCC1CCC(CCC2CCC(c3ccc(CC)cc3)CC2)C(F)(F)C1. The Bertz CT molecular complexity index is 569. The summed E-state index contributed by atoms with van der Waals surface area (Å²) in [5.41, 5.74) is 2.88. The van der Waals surface area contributed by atoms with Gasteiger partial charge in [0.05, 0.1) is 0 Å². The molecular weight excluding hydrogens is 350 g/mol. The fraction of sp³-hybridized carbons (Fsp3) is 0.769. The number of aryl methyl sites for hydroxylation is 1. The first kappa shape index (κ1) is 21.8. The fourth-order valence-corrected chi connectivity index (χ4v) is 5.64. The van der Waals surface area contributed by atoms with Gasteiger partial charge in [-0.3, -0.25) is 0 Å². The lowest BCUT2D eigenvalue weighted by atomic mass is 9.72. The second-order valence-electron chi connectivity index (χ2n) is 9.64. The highest BCUT2D eigenvalue weighted by atomic mass is 19.3. The number of unbranched alkanes of at least 4 members (excludes halogenated alkanes) is 1. The number of benzene rings is 1. The van der Waals surface area contributed by atoms with Gasteiger partial charge < -0.3 is 0 Å². The van der Waals surface area contributed by atoms with Crippen LogP contribution in [0.4, 0.5) is 8.78 Å². The van der Waals surface area contributed by atoms with E-state index in [9.17, 15) is 8.78 Å². The number of hydrogen-bond donors (Lipinski definition) is 0. The van der Waals surface area contributed by atoms with Crippen molar-refractivity contribution in [2.24, 2.45) is 17.8 Å². The highest BCUT2D eigenvalue weighted by Crippen LogP contribution is 2.46. The highest BCUT2D eigenvalue weighted by Gasteiger charge is 2.44. The van der Waals surface area contributed by atoms with Crippen LogP contribution in [0.1, 0.15) is 108 Å². The van der Waals surface area contributed by atoms with Gasteiger partial charge >= 0.3 is 0 Å². The predicted octanol–water partition coefficient (Wildman–Crippen LogP) is 8.54. The van der Waals surface area contributed by atoms with Crippen molar-refractivity contribution in [3.63, 3.8) is 0 Å². The molecule has 0 radical (unpaired) electrons. The molecule has 0 N–H and O–H groups in total. The minimum absolute atomic E-state index is 0.151. The van der Waals surface area contributed by atoms with Gasteiger partial charge in [0.25, 0.3) is 5.92 Å². The van der Waals surface area contributed by atoms with E-state index >= 15 is 0 Å². The van der Waals surface area contributed by atoms with Crippen LogP contribution in [0.15, 0.2) is 24.3 Å². The number of hydrogen-bond acceptors (Lipinski definition) is 0. The van der Waals surface area contributed by atoms with Gasteiger partial charge in [0.1, 0.15) is 0 Å².